The second-order valence-electron chi connectivity index (χ2n) is 9.52. The van der Waals surface area contributed by atoms with Crippen LogP contribution in [0.25, 0.3) is 0 Å². The summed E-state index contributed by atoms with van der Waals surface area (Å²) < 4.78 is 22.6. The van der Waals surface area contributed by atoms with Crippen molar-refractivity contribution in [1.29, 1.82) is 0 Å². The Balaban J connectivity index is 1.41. The Kier molecular flexibility index (Phi) is 6.90. The van der Waals surface area contributed by atoms with Gasteiger partial charge in [-0.1, -0.05) is 12.1 Å². The first-order valence-electron chi connectivity index (χ1n) is 12.3. The first-order chi connectivity index (χ1) is 16.6. The van der Waals surface area contributed by atoms with Crippen molar-refractivity contribution in [2.45, 2.75) is 43.9 Å². The molecule has 4 atom stereocenters. The van der Waals surface area contributed by atoms with E-state index in [-0.39, 0.29) is 35.6 Å². The molecule has 0 N–H and O–H groups in total. The summed E-state index contributed by atoms with van der Waals surface area (Å²) in [7, 11) is 3.32. The molecule has 1 aromatic carbocycles. The van der Waals surface area contributed by atoms with E-state index >= 15 is 0 Å². The Bertz CT molecular complexity index is 939. The molecule has 1 saturated heterocycles. The molecule has 5 rings (SSSR count). The van der Waals surface area contributed by atoms with Gasteiger partial charge in [-0.2, -0.15) is 0 Å². The summed E-state index contributed by atoms with van der Waals surface area (Å²) in [6.07, 6.45) is 2.79. The molecule has 34 heavy (non-hydrogen) atoms. The Morgan fingerprint density at radius 1 is 1.03 bits per heavy atom. The van der Waals surface area contributed by atoms with Crippen LogP contribution < -0.4 is 4.74 Å². The van der Waals surface area contributed by atoms with Crippen molar-refractivity contribution in [1.82, 2.24) is 9.80 Å². The molecule has 1 aliphatic carbocycles. The van der Waals surface area contributed by atoms with Crippen molar-refractivity contribution in [3.63, 3.8) is 0 Å². The van der Waals surface area contributed by atoms with Crippen LogP contribution in [0.5, 0.6) is 5.75 Å². The van der Waals surface area contributed by atoms with E-state index in [0.717, 1.165) is 63.4 Å². The number of ketones is 1. The molecule has 3 aliphatic heterocycles. The highest BCUT2D eigenvalue weighted by molar-refractivity contribution is 6.11. The Morgan fingerprint density at radius 2 is 1.79 bits per heavy atom. The first kappa shape index (κ1) is 23.3. The van der Waals surface area contributed by atoms with Gasteiger partial charge in [-0.3, -0.25) is 14.5 Å². The standard InChI is InChI=1S/C26H34N2O6/c1-31-18-6-4-17(5-7-18)23-22-24(29)20-9-8-19(32-2)16-21(20)34-25(22)26(30)28(23)11-3-10-27-12-14-33-15-13-27/h4-7,19-21,23H,3,8-16H2,1-2H3. The second kappa shape index (κ2) is 10.1. The number of carbonyl (C=O) groups is 2. The highest BCUT2D eigenvalue weighted by Crippen LogP contribution is 2.47. The number of morpholine rings is 1. The summed E-state index contributed by atoms with van der Waals surface area (Å²) >= 11 is 0. The van der Waals surface area contributed by atoms with Gasteiger partial charge in [-0.15, -0.1) is 0 Å². The molecule has 0 bridgehead atoms. The third-order valence-electron chi connectivity index (χ3n) is 7.64. The molecule has 4 unspecified atom stereocenters. The Labute approximate surface area is 200 Å². The third kappa shape index (κ3) is 4.34. The number of benzene rings is 1. The molecule has 0 radical (unpaired) electrons. The zero-order valence-corrected chi connectivity index (χ0v) is 20.0. The van der Waals surface area contributed by atoms with Crippen molar-refractivity contribution in [2.75, 3.05) is 53.6 Å². The largest absolute Gasteiger partial charge is 0.497 e. The van der Waals surface area contributed by atoms with E-state index in [1.54, 1.807) is 14.2 Å². The molecule has 8 heteroatoms. The van der Waals surface area contributed by atoms with Gasteiger partial charge in [0.05, 0.1) is 44.0 Å². The van der Waals surface area contributed by atoms with Gasteiger partial charge in [0.15, 0.2) is 11.5 Å². The average Bonchev–Trinajstić information content (AvgIpc) is 3.16. The quantitative estimate of drug-likeness (QED) is 0.605. The van der Waals surface area contributed by atoms with Crippen LogP contribution in [0.2, 0.25) is 0 Å². The average molecular weight is 471 g/mol. The number of rotatable bonds is 7. The fourth-order valence-corrected chi connectivity index (χ4v) is 5.74. The summed E-state index contributed by atoms with van der Waals surface area (Å²) in [5.41, 5.74) is 1.44. The van der Waals surface area contributed by atoms with Crippen LogP contribution >= 0.6 is 0 Å². The van der Waals surface area contributed by atoms with Crippen LogP contribution in [0, 0.1) is 5.92 Å². The fourth-order valence-electron chi connectivity index (χ4n) is 5.74. The van der Waals surface area contributed by atoms with E-state index in [1.165, 1.54) is 0 Å². The van der Waals surface area contributed by atoms with E-state index in [1.807, 2.05) is 29.2 Å². The van der Waals surface area contributed by atoms with Crippen molar-refractivity contribution in [3.8, 4) is 5.75 Å². The first-order valence-corrected chi connectivity index (χ1v) is 12.3. The van der Waals surface area contributed by atoms with Crippen LogP contribution in [0.4, 0.5) is 0 Å². The molecule has 2 fully saturated rings. The highest BCUT2D eigenvalue weighted by Gasteiger charge is 2.52. The predicted octanol–water partition coefficient (Wildman–Crippen LogP) is 2.34. The second-order valence-corrected chi connectivity index (χ2v) is 9.52. The molecule has 1 aromatic rings. The van der Waals surface area contributed by atoms with Crippen LogP contribution in [0.1, 0.15) is 37.3 Å². The molecule has 0 aromatic heterocycles. The van der Waals surface area contributed by atoms with Crippen LogP contribution in [-0.4, -0.2) is 87.3 Å². The van der Waals surface area contributed by atoms with Gasteiger partial charge < -0.3 is 23.8 Å². The van der Waals surface area contributed by atoms with E-state index in [9.17, 15) is 9.59 Å². The topological polar surface area (TPSA) is 77.5 Å². The summed E-state index contributed by atoms with van der Waals surface area (Å²) in [5, 5.41) is 0. The minimum Gasteiger partial charge on any atom is -0.497 e. The number of amides is 1. The van der Waals surface area contributed by atoms with Gasteiger partial charge in [-0.25, -0.2) is 0 Å². The van der Waals surface area contributed by atoms with Gasteiger partial charge >= 0.3 is 0 Å². The van der Waals surface area contributed by atoms with Gasteiger partial charge in [0, 0.05) is 39.7 Å². The number of fused-ring (bicyclic) bond motifs is 1. The number of carbonyl (C=O) groups excluding carboxylic acids is 2. The van der Waals surface area contributed by atoms with Crippen molar-refractivity contribution < 1.29 is 28.5 Å². The Hall–Kier alpha value is -2.42. The smallest absolute Gasteiger partial charge is 0.290 e. The van der Waals surface area contributed by atoms with E-state index in [4.69, 9.17) is 18.9 Å². The van der Waals surface area contributed by atoms with E-state index in [0.29, 0.717) is 18.5 Å². The monoisotopic (exact) mass is 470 g/mol. The molecule has 1 amide bonds. The molecule has 1 saturated carbocycles. The summed E-state index contributed by atoms with van der Waals surface area (Å²) in [6, 6.07) is 7.23. The number of Topliss-reactive ketones (excluding diaryl/α,β-unsaturated/α-hetero) is 1. The number of nitrogens with zero attached hydrogens (tertiary/aromatic N) is 2. The summed E-state index contributed by atoms with van der Waals surface area (Å²) in [4.78, 5) is 31.5. The molecular formula is C26H34N2O6. The fraction of sp³-hybridized carbons (Fsp3) is 0.615. The van der Waals surface area contributed by atoms with Crippen molar-refractivity contribution in [3.05, 3.63) is 41.2 Å². The van der Waals surface area contributed by atoms with Gasteiger partial charge in [0.1, 0.15) is 11.9 Å². The SMILES string of the molecule is COc1ccc(C2C3=C(OC4CC(OC)CCC4C3=O)C(=O)N2CCCN2CCOCC2)cc1. The maximum atomic E-state index is 13.8. The number of hydrogen-bond donors (Lipinski definition) is 0. The van der Waals surface area contributed by atoms with Crippen molar-refractivity contribution >= 4 is 11.7 Å². The zero-order chi connectivity index (χ0) is 23.7. The van der Waals surface area contributed by atoms with E-state index in [2.05, 4.69) is 4.90 Å². The predicted molar refractivity (Wildman–Crippen MR) is 124 cm³/mol. The lowest BCUT2D eigenvalue weighted by Crippen LogP contribution is -2.43. The molecule has 4 aliphatic rings. The minimum atomic E-state index is -0.424. The van der Waals surface area contributed by atoms with Gasteiger partial charge in [-0.05, 0) is 37.0 Å². The normalized spacial score (nSPS) is 29.6. The van der Waals surface area contributed by atoms with Crippen molar-refractivity contribution in [2.24, 2.45) is 5.92 Å². The molecular weight excluding hydrogens is 436 g/mol. The third-order valence-corrected chi connectivity index (χ3v) is 7.64. The highest BCUT2D eigenvalue weighted by atomic mass is 16.5. The van der Waals surface area contributed by atoms with Gasteiger partial charge in [0.25, 0.3) is 5.91 Å². The maximum absolute atomic E-state index is 13.8. The molecule has 8 nitrogen and oxygen atoms in total. The molecule has 0 spiro atoms. The number of methoxy groups -OCH3 is 2. The van der Waals surface area contributed by atoms with Crippen LogP contribution in [-0.2, 0) is 23.8 Å². The Morgan fingerprint density at radius 3 is 2.50 bits per heavy atom. The lowest BCUT2D eigenvalue weighted by Gasteiger charge is -2.38. The van der Waals surface area contributed by atoms with Gasteiger partial charge in [0.2, 0.25) is 0 Å². The minimum absolute atomic E-state index is 0.0608. The summed E-state index contributed by atoms with van der Waals surface area (Å²) in [6.45, 7) is 4.78. The lowest BCUT2D eigenvalue weighted by molar-refractivity contribution is -0.138. The maximum Gasteiger partial charge on any atom is 0.290 e. The zero-order valence-electron chi connectivity index (χ0n) is 20.0. The number of ether oxygens (including phenoxy) is 4. The van der Waals surface area contributed by atoms with Crippen LogP contribution in [0.15, 0.2) is 35.6 Å². The molecule has 184 valence electrons. The number of hydrogen-bond acceptors (Lipinski definition) is 7. The summed E-state index contributed by atoms with van der Waals surface area (Å²) in [5.74, 6) is 0.655. The molecule has 3 heterocycles. The van der Waals surface area contributed by atoms with E-state index < -0.39 is 6.04 Å². The lowest BCUT2D eigenvalue weighted by atomic mass is 9.76. The van der Waals surface area contributed by atoms with Crippen LogP contribution in [0.3, 0.4) is 0 Å².